The van der Waals surface area contributed by atoms with Gasteiger partial charge in [0.1, 0.15) is 78.3 Å². The highest BCUT2D eigenvalue weighted by molar-refractivity contribution is 6.00. The number of aliphatic hydroxyl groups is 2. The van der Waals surface area contributed by atoms with E-state index in [4.69, 9.17) is 51.6 Å². The Bertz CT molecular complexity index is 3600. The molecule has 0 aliphatic carbocycles. The molecule has 0 fully saturated rings. The van der Waals surface area contributed by atoms with Crippen LogP contribution in [0.2, 0.25) is 0 Å². The monoisotopic (exact) mass is 1770 g/mol. The van der Waals surface area contributed by atoms with Crippen LogP contribution in [0.5, 0.6) is 5.75 Å². The van der Waals surface area contributed by atoms with Crippen molar-refractivity contribution < 1.29 is 97.1 Å². The number of nitrogens with zero attached hydrogens (tertiary/aromatic N) is 2. The van der Waals surface area contributed by atoms with E-state index in [0.29, 0.717) is 32.1 Å². The molecule has 43 nitrogen and oxygen atoms in total. The second-order valence-corrected chi connectivity index (χ2v) is 32.2. The van der Waals surface area contributed by atoms with Crippen molar-refractivity contribution in [2.24, 2.45) is 73.4 Å². The molecule has 0 saturated heterocycles. The first kappa shape index (κ1) is 112. The van der Waals surface area contributed by atoms with Gasteiger partial charge in [-0.1, -0.05) is 124 Å². The van der Waals surface area contributed by atoms with Crippen molar-refractivity contribution in [2.75, 3.05) is 32.8 Å². The number of aliphatic hydroxyl groups excluding tert-OH is 2. The van der Waals surface area contributed by atoms with Gasteiger partial charge in [0.05, 0.1) is 19.1 Å². The van der Waals surface area contributed by atoms with E-state index < -0.39 is 218 Å². The summed E-state index contributed by atoms with van der Waals surface area (Å²) in [5, 5.41) is 70.9. The number of nitrogens with one attached hydrogen (secondary N) is 12. The molecule has 1 aromatic carbocycles. The van der Waals surface area contributed by atoms with Crippen LogP contribution in [0.15, 0.2) is 34.3 Å². The summed E-state index contributed by atoms with van der Waals surface area (Å²) in [4.78, 5) is 229. The maximum Gasteiger partial charge on any atom is 0.305 e. The smallest absolute Gasteiger partial charge is 0.305 e. The molecule has 0 spiro atoms. The summed E-state index contributed by atoms with van der Waals surface area (Å²) >= 11 is 0. The fourth-order valence-corrected chi connectivity index (χ4v) is 13.2. The number of carbonyl (C=O) groups excluding carboxylic acids is 15. The lowest BCUT2D eigenvalue weighted by atomic mass is 9.99. The molecule has 15 amide bonds. The van der Waals surface area contributed by atoms with Gasteiger partial charge in [0, 0.05) is 38.8 Å². The van der Waals surface area contributed by atoms with E-state index in [1.165, 1.54) is 62.8 Å². The van der Waals surface area contributed by atoms with Gasteiger partial charge in [0.2, 0.25) is 88.6 Å². The molecule has 0 aromatic heterocycles. The highest BCUT2D eigenvalue weighted by Crippen LogP contribution is 2.19. The number of unbranched alkanes of at least 4 members (excludes halogenated alkanes) is 14. The summed E-state index contributed by atoms with van der Waals surface area (Å²) in [7, 11) is 0. The number of hydrogen-bond acceptors (Lipinski definition) is 23. The average molecular weight is 1770 g/mol. The molecule has 0 saturated carbocycles. The molecular formula is C82H145N23O20. The van der Waals surface area contributed by atoms with Crippen molar-refractivity contribution in [3.05, 3.63) is 29.8 Å². The van der Waals surface area contributed by atoms with Crippen molar-refractivity contribution in [1.82, 2.24) is 63.8 Å². The molecule has 0 unspecified atom stereocenters. The zero-order chi connectivity index (χ0) is 94.1. The maximum atomic E-state index is 15.1. The van der Waals surface area contributed by atoms with E-state index in [1.807, 2.05) is 0 Å². The molecule has 1 aromatic rings. The van der Waals surface area contributed by atoms with Crippen LogP contribution in [0, 0.1) is 11.8 Å². The number of aliphatic carboxylic acids is 1. The first-order valence-electron chi connectivity index (χ1n) is 43.5. The minimum absolute atomic E-state index is 0.0193. The summed E-state index contributed by atoms with van der Waals surface area (Å²) in [6.07, 6.45) is 8.53. The van der Waals surface area contributed by atoms with Gasteiger partial charge in [-0.15, -0.1) is 0 Å². The van der Waals surface area contributed by atoms with Gasteiger partial charge >= 0.3 is 5.97 Å². The third-order valence-corrected chi connectivity index (χ3v) is 20.1. The third kappa shape index (κ3) is 50.5. The summed E-state index contributed by atoms with van der Waals surface area (Å²) in [6, 6.07) is -14.1. The topological polar surface area (TPSA) is 757 Å². The Morgan fingerprint density at radius 2 is 0.680 bits per heavy atom. The molecule has 125 heavy (non-hydrogen) atoms. The predicted molar refractivity (Wildman–Crippen MR) is 467 cm³/mol. The number of aromatic hydroxyl groups is 1. The largest absolute Gasteiger partial charge is 0.508 e. The number of primary amides is 3. The SMILES string of the molecule is CCCCCCCCCCCCCCCC(=O)N[C@@H](CC(=O)O)C(=O)N[C@H](C(=O)N[C@@H](CCCN=C(N)N)C(=O)N[C@@H](CCC(N)=O)C(=O)N[C@@H](CCC(N)=O)C(=O)N[C@@H](Cc1ccc(O)cc1)C(=O)N[C@@H](CCCN=C(N)N)C(=O)N[C@@H](CCCCN)C(=O)N[C@@H](CC(C)C)C(=O)N[C@@H](CC(C)C)C(=O)N[C@@H](CCCCN)C(=O)N[C@@H](CO)C(N)=O)[C@@H](C)O. The Balaban J connectivity index is 3.88. The summed E-state index contributed by atoms with van der Waals surface area (Å²) < 4.78 is 0. The molecule has 43 heteroatoms. The number of carboxylic acid groups (broad SMARTS) is 1. The van der Waals surface area contributed by atoms with Crippen LogP contribution in [0.3, 0.4) is 0 Å². The standard InChI is InChI=1S/C82H145N23O20/c1-7-8-9-10-11-12-13-14-15-16-17-18-19-30-66(111)94-62(46-67(112)113)79(124)105-68(50(6)107)80(125)100-56(29-25-42-93-82(90)91)71(116)98-57(35-37-64(85)109)74(119)99-58(36-38-65(86)110)75(120)103-61(45-51-31-33-52(108)34-32-51)78(123)97-55(28-24-41-92-81(88)89)70(115)95-53(26-20-22-39-83)72(117)101-60(44-49(4)5)77(122)102-59(43-48(2)3)76(121)96-54(27-21-23-40-84)73(118)104-63(47-106)69(87)114/h31-34,48-50,53-63,68,106-108H,7-30,35-47,83-84H2,1-6H3,(H2,85,109)(H2,86,110)(H2,87,114)(H,94,111)(H,95,115)(H,96,121)(H,97,123)(H,98,116)(H,99,119)(H,100,125)(H,101,117)(H,102,122)(H,103,120)(H,104,118)(H,105,124)(H,112,113)(H4,88,89,92)(H4,90,91,93)/t50-,53+,54+,55+,56+,57+,58+,59+,60+,61+,62+,63+,68+/m1/s1. The number of benzene rings is 1. The van der Waals surface area contributed by atoms with Crippen molar-refractivity contribution in [3.63, 3.8) is 0 Å². The van der Waals surface area contributed by atoms with Crippen LogP contribution in [-0.2, 0) is 83.1 Å². The van der Waals surface area contributed by atoms with Gasteiger partial charge in [0.25, 0.3) is 0 Å². The molecule has 13 atom stereocenters. The van der Waals surface area contributed by atoms with Gasteiger partial charge in [-0.25, -0.2) is 0 Å². The molecule has 0 heterocycles. The molecular weight excluding hydrogens is 1630 g/mol. The fourth-order valence-electron chi connectivity index (χ4n) is 13.2. The van der Waals surface area contributed by atoms with E-state index in [0.717, 1.165) is 39.0 Å². The normalized spacial score (nSPS) is 14.3. The van der Waals surface area contributed by atoms with Gasteiger partial charge in [-0.05, 0) is 146 Å². The molecule has 1 rings (SSSR count). The highest BCUT2D eigenvalue weighted by atomic mass is 16.4. The maximum absolute atomic E-state index is 15.1. The lowest BCUT2D eigenvalue weighted by Gasteiger charge is -2.29. The Kier molecular flexibility index (Phi) is 57.1. The number of rotatable bonds is 70. The number of hydrogen-bond donors (Lipinski definition) is 25. The minimum atomic E-state index is -1.94. The van der Waals surface area contributed by atoms with Gasteiger partial charge in [-0.2, -0.15) is 0 Å². The van der Waals surface area contributed by atoms with Crippen molar-refractivity contribution in [2.45, 2.75) is 326 Å². The number of carbonyl (C=O) groups is 16. The van der Waals surface area contributed by atoms with Crippen molar-refractivity contribution in [3.8, 4) is 5.75 Å². The van der Waals surface area contributed by atoms with Gasteiger partial charge < -0.3 is 136 Å². The molecule has 0 aliphatic rings. The van der Waals surface area contributed by atoms with Crippen LogP contribution < -0.4 is 115 Å². The highest BCUT2D eigenvalue weighted by Gasteiger charge is 2.39. The molecule has 34 N–H and O–H groups in total. The zero-order valence-electron chi connectivity index (χ0n) is 73.5. The van der Waals surface area contributed by atoms with Crippen LogP contribution in [-0.4, -0.2) is 238 Å². The van der Waals surface area contributed by atoms with E-state index in [2.05, 4.69) is 80.7 Å². The second kappa shape index (κ2) is 63.8. The summed E-state index contributed by atoms with van der Waals surface area (Å²) in [5.74, 6) is -18.1. The lowest BCUT2D eigenvalue weighted by molar-refractivity contribution is -0.141. The van der Waals surface area contributed by atoms with Crippen LogP contribution in [0.25, 0.3) is 0 Å². The third-order valence-electron chi connectivity index (χ3n) is 20.1. The first-order valence-corrected chi connectivity index (χ1v) is 43.5. The summed E-state index contributed by atoms with van der Waals surface area (Å²) in [6.45, 7) is 9.61. The van der Waals surface area contributed by atoms with E-state index in [-0.39, 0.29) is 125 Å². The number of phenolic OH excluding ortho intramolecular Hbond substituents is 1. The lowest BCUT2D eigenvalue weighted by Crippen LogP contribution is -2.61. The quantitative estimate of drug-likeness (QED) is 0.0171. The second-order valence-electron chi connectivity index (χ2n) is 32.2. The van der Waals surface area contributed by atoms with E-state index in [9.17, 15) is 92.3 Å². The Morgan fingerprint density at radius 1 is 0.360 bits per heavy atom. The van der Waals surface area contributed by atoms with Crippen molar-refractivity contribution >= 4 is 106 Å². The number of amides is 15. The van der Waals surface area contributed by atoms with Crippen LogP contribution >= 0.6 is 0 Å². The van der Waals surface area contributed by atoms with Crippen LogP contribution in [0.1, 0.15) is 246 Å². The van der Waals surface area contributed by atoms with E-state index in [1.54, 1.807) is 27.7 Å². The molecule has 0 radical (unpaired) electrons. The molecule has 0 bridgehead atoms. The fraction of sp³-hybridized carbons (Fsp3) is 0.707. The number of nitrogens with two attached hydrogens (primary N) is 9. The Hall–Kier alpha value is -11.1. The molecule has 708 valence electrons. The number of guanidine groups is 2. The first-order chi connectivity index (χ1) is 59.2. The average Bonchev–Trinajstić information content (AvgIpc) is 0.851. The van der Waals surface area contributed by atoms with E-state index >= 15 is 4.79 Å². The predicted octanol–water partition coefficient (Wildman–Crippen LogP) is -3.44. The Morgan fingerprint density at radius 3 is 1.02 bits per heavy atom. The Labute approximate surface area is 731 Å². The zero-order valence-corrected chi connectivity index (χ0v) is 73.5. The molecule has 0 aliphatic heterocycles. The number of phenols is 1. The van der Waals surface area contributed by atoms with Gasteiger partial charge in [-0.3, -0.25) is 86.7 Å². The minimum Gasteiger partial charge on any atom is -0.508 e. The number of aliphatic imine (C=N–C) groups is 2. The number of carboxylic acids is 1. The summed E-state index contributed by atoms with van der Waals surface area (Å²) in [5.41, 5.74) is 50.7. The van der Waals surface area contributed by atoms with Crippen molar-refractivity contribution in [1.29, 1.82) is 0 Å². The van der Waals surface area contributed by atoms with Crippen LogP contribution in [0.4, 0.5) is 0 Å². The van der Waals surface area contributed by atoms with Gasteiger partial charge in [0.15, 0.2) is 11.9 Å².